The van der Waals surface area contributed by atoms with Gasteiger partial charge in [0, 0.05) is 44.2 Å². The zero-order valence-corrected chi connectivity index (χ0v) is 25.2. The van der Waals surface area contributed by atoms with Crippen LogP contribution in [0.15, 0.2) is 167 Å². The van der Waals surface area contributed by atoms with Crippen LogP contribution in [0.3, 0.4) is 0 Å². The van der Waals surface area contributed by atoms with Gasteiger partial charge in [-0.3, -0.25) is 0 Å². The van der Waals surface area contributed by atoms with Crippen molar-refractivity contribution >= 4 is 60.9 Å². The molecule has 0 radical (unpaired) electrons. The first-order chi connectivity index (χ1) is 23.2. The standard InChI is InChI=1S/C43H26N2O2/c44-27-28-12-14-29(15-13-28)30-16-20-32(21-17-30)45(34-24-25-42-39(26-34)37-7-2-3-10-40(37)46-42)33-22-18-31(19-23-33)35-8-5-9-38-36-6-1-4-11-41(36)47-43(35)38/h1-26H. The number of benzene rings is 7. The van der Waals surface area contributed by atoms with Crippen molar-refractivity contribution in [3.8, 4) is 28.3 Å². The largest absolute Gasteiger partial charge is 0.456 e. The lowest BCUT2D eigenvalue weighted by atomic mass is 10.0. The van der Waals surface area contributed by atoms with Crippen molar-refractivity contribution in [2.75, 3.05) is 4.90 Å². The molecule has 0 fully saturated rings. The predicted molar refractivity (Wildman–Crippen MR) is 191 cm³/mol. The number of para-hydroxylation sites is 3. The second-order valence-corrected chi connectivity index (χ2v) is 11.7. The van der Waals surface area contributed by atoms with E-state index in [1.54, 1.807) is 0 Å². The van der Waals surface area contributed by atoms with E-state index < -0.39 is 0 Å². The monoisotopic (exact) mass is 602 g/mol. The van der Waals surface area contributed by atoms with Crippen LogP contribution in [0.4, 0.5) is 17.1 Å². The quantitative estimate of drug-likeness (QED) is 0.197. The summed E-state index contributed by atoms with van der Waals surface area (Å²) in [6.45, 7) is 0. The minimum absolute atomic E-state index is 0.652. The molecule has 0 saturated carbocycles. The highest BCUT2D eigenvalue weighted by Gasteiger charge is 2.17. The van der Waals surface area contributed by atoms with Crippen molar-refractivity contribution in [2.24, 2.45) is 0 Å². The van der Waals surface area contributed by atoms with Gasteiger partial charge in [-0.25, -0.2) is 0 Å². The molecule has 0 unspecified atom stereocenters. The van der Waals surface area contributed by atoms with E-state index in [9.17, 15) is 5.26 Å². The molecule has 7 aromatic carbocycles. The maximum absolute atomic E-state index is 9.22. The Morgan fingerprint density at radius 3 is 1.64 bits per heavy atom. The smallest absolute Gasteiger partial charge is 0.143 e. The number of rotatable bonds is 5. The molecule has 0 saturated heterocycles. The van der Waals surface area contributed by atoms with Crippen LogP contribution in [0.25, 0.3) is 66.1 Å². The maximum Gasteiger partial charge on any atom is 0.143 e. The van der Waals surface area contributed by atoms with Crippen molar-refractivity contribution in [1.29, 1.82) is 5.26 Å². The van der Waals surface area contributed by atoms with Gasteiger partial charge in [0.2, 0.25) is 0 Å². The average Bonchev–Trinajstić information content (AvgIpc) is 3.71. The predicted octanol–water partition coefficient (Wildman–Crippen LogP) is 12.2. The number of furan rings is 2. The van der Waals surface area contributed by atoms with Gasteiger partial charge in [-0.15, -0.1) is 0 Å². The second kappa shape index (κ2) is 10.8. The van der Waals surface area contributed by atoms with Crippen LogP contribution in [0.5, 0.6) is 0 Å². The molecule has 0 aliphatic carbocycles. The molecule has 0 aliphatic heterocycles. The summed E-state index contributed by atoms with van der Waals surface area (Å²) < 4.78 is 12.5. The lowest BCUT2D eigenvalue weighted by molar-refractivity contribution is 0.669. The summed E-state index contributed by atoms with van der Waals surface area (Å²) in [5.41, 5.74) is 11.6. The Balaban J connectivity index is 1.16. The minimum atomic E-state index is 0.652. The first-order valence-corrected chi connectivity index (χ1v) is 15.6. The van der Waals surface area contributed by atoms with Gasteiger partial charge in [0.05, 0.1) is 11.6 Å². The van der Waals surface area contributed by atoms with Crippen molar-refractivity contribution in [3.05, 3.63) is 163 Å². The van der Waals surface area contributed by atoms with Gasteiger partial charge in [0.1, 0.15) is 22.3 Å². The van der Waals surface area contributed by atoms with E-state index in [1.165, 1.54) is 0 Å². The molecule has 0 amide bonds. The molecule has 9 aromatic rings. The molecule has 47 heavy (non-hydrogen) atoms. The Hall–Kier alpha value is -6.57. The highest BCUT2D eigenvalue weighted by molar-refractivity contribution is 6.10. The third kappa shape index (κ3) is 4.53. The normalized spacial score (nSPS) is 11.4. The van der Waals surface area contributed by atoms with Crippen LogP contribution in [-0.4, -0.2) is 0 Å². The zero-order valence-electron chi connectivity index (χ0n) is 25.2. The molecule has 4 heteroatoms. The Morgan fingerprint density at radius 1 is 0.426 bits per heavy atom. The maximum atomic E-state index is 9.22. The molecule has 0 atom stereocenters. The SMILES string of the molecule is N#Cc1ccc(-c2ccc(N(c3ccc(-c4cccc5c4oc4ccccc45)cc3)c3ccc4oc5ccccc5c4c3)cc2)cc1. The summed E-state index contributed by atoms with van der Waals surface area (Å²) in [6, 6.07) is 56.2. The topological polar surface area (TPSA) is 53.3 Å². The van der Waals surface area contributed by atoms with Crippen molar-refractivity contribution in [1.82, 2.24) is 0 Å². The molecule has 4 nitrogen and oxygen atoms in total. The van der Waals surface area contributed by atoms with Gasteiger partial charge in [-0.1, -0.05) is 91.0 Å². The summed E-state index contributed by atoms with van der Waals surface area (Å²) in [5, 5.41) is 13.6. The number of hydrogen-bond donors (Lipinski definition) is 0. The second-order valence-electron chi connectivity index (χ2n) is 11.7. The van der Waals surface area contributed by atoms with E-state index in [0.717, 1.165) is 83.2 Å². The number of nitriles is 1. The summed E-state index contributed by atoms with van der Waals surface area (Å²) >= 11 is 0. The highest BCUT2D eigenvalue weighted by Crippen LogP contribution is 2.41. The number of hydrogen-bond acceptors (Lipinski definition) is 4. The molecule has 2 aromatic heterocycles. The first-order valence-electron chi connectivity index (χ1n) is 15.6. The van der Waals surface area contributed by atoms with Gasteiger partial charge in [-0.2, -0.15) is 5.26 Å². The molecule has 0 aliphatic rings. The third-order valence-electron chi connectivity index (χ3n) is 8.93. The summed E-state index contributed by atoms with van der Waals surface area (Å²) in [4.78, 5) is 2.27. The van der Waals surface area contributed by atoms with Gasteiger partial charge < -0.3 is 13.7 Å². The summed E-state index contributed by atoms with van der Waals surface area (Å²) in [5.74, 6) is 0. The van der Waals surface area contributed by atoms with E-state index >= 15 is 0 Å². The third-order valence-corrected chi connectivity index (χ3v) is 8.93. The van der Waals surface area contributed by atoms with Gasteiger partial charge in [-0.05, 0) is 83.4 Å². The molecule has 0 bridgehead atoms. The average molecular weight is 603 g/mol. The Morgan fingerprint density at radius 2 is 0.957 bits per heavy atom. The Kier molecular flexibility index (Phi) is 6.16. The van der Waals surface area contributed by atoms with E-state index in [1.807, 2.05) is 60.7 Å². The van der Waals surface area contributed by atoms with E-state index in [-0.39, 0.29) is 0 Å². The van der Waals surface area contributed by atoms with Crippen LogP contribution < -0.4 is 4.90 Å². The summed E-state index contributed by atoms with van der Waals surface area (Å²) in [6.07, 6.45) is 0. The lowest BCUT2D eigenvalue weighted by Crippen LogP contribution is -2.09. The fourth-order valence-corrected chi connectivity index (χ4v) is 6.61. The minimum Gasteiger partial charge on any atom is -0.456 e. The zero-order chi connectivity index (χ0) is 31.3. The van der Waals surface area contributed by atoms with Crippen LogP contribution in [0.2, 0.25) is 0 Å². The molecule has 0 spiro atoms. The van der Waals surface area contributed by atoms with E-state index in [2.05, 4.69) is 108 Å². The van der Waals surface area contributed by atoms with Crippen LogP contribution >= 0.6 is 0 Å². The Labute approximate surface area is 270 Å². The van der Waals surface area contributed by atoms with Crippen molar-refractivity contribution in [3.63, 3.8) is 0 Å². The van der Waals surface area contributed by atoms with Gasteiger partial charge in [0.25, 0.3) is 0 Å². The van der Waals surface area contributed by atoms with Gasteiger partial charge >= 0.3 is 0 Å². The number of nitrogens with zero attached hydrogens (tertiary/aromatic N) is 2. The highest BCUT2D eigenvalue weighted by atomic mass is 16.3. The lowest BCUT2D eigenvalue weighted by Gasteiger charge is -2.26. The van der Waals surface area contributed by atoms with Crippen LogP contribution in [0.1, 0.15) is 5.56 Å². The van der Waals surface area contributed by atoms with Crippen molar-refractivity contribution in [2.45, 2.75) is 0 Å². The molecule has 0 N–H and O–H groups in total. The van der Waals surface area contributed by atoms with E-state index in [0.29, 0.717) is 5.56 Å². The van der Waals surface area contributed by atoms with E-state index in [4.69, 9.17) is 8.83 Å². The first kappa shape index (κ1) is 26.8. The molecule has 9 rings (SSSR count). The van der Waals surface area contributed by atoms with Gasteiger partial charge in [0.15, 0.2) is 0 Å². The number of anilines is 3. The fourth-order valence-electron chi connectivity index (χ4n) is 6.61. The number of fused-ring (bicyclic) bond motifs is 6. The summed E-state index contributed by atoms with van der Waals surface area (Å²) in [7, 11) is 0. The Bertz CT molecular complexity index is 2620. The molecular weight excluding hydrogens is 576 g/mol. The molecule has 220 valence electrons. The molecular formula is C43H26N2O2. The molecule has 2 heterocycles. The fraction of sp³-hybridized carbons (Fsp3) is 0. The van der Waals surface area contributed by atoms with Crippen LogP contribution in [-0.2, 0) is 0 Å². The van der Waals surface area contributed by atoms with Crippen molar-refractivity contribution < 1.29 is 8.83 Å². The van der Waals surface area contributed by atoms with Crippen LogP contribution in [0, 0.1) is 11.3 Å².